The molecule has 0 aromatic heterocycles. The average Bonchev–Trinajstić information content (AvgIpc) is 0.901. The number of esters is 4. The van der Waals surface area contributed by atoms with Gasteiger partial charge in [-0.3, -0.25) is 37.3 Å². The molecule has 5 unspecified atom stereocenters. The minimum atomic E-state index is -5.03. The molecule has 0 amide bonds. The molecule has 0 fully saturated rings. The second kappa shape index (κ2) is 76.8. The lowest BCUT2D eigenvalue weighted by Crippen LogP contribution is -2.30. The summed E-state index contributed by atoms with van der Waals surface area (Å²) in [6.45, 7) is 4.24. The maximum Gasteiger partial charge on any atom is 0.472 e. The zero-order valence-electron chi connectivity index (χ0n) is 65.0. The molecule has 106 heavy (non-hydrogen) atoms. The van der Waals surface area contributed by atoms with Crippen LogP contribution >= 0.6 is 15.6 Å². The Morgan fingerprint density at radius 2 is 0.509 bits per heavy atom. The van der Waals surface area contributed by atoms with E-state index in [1.165, 1.54) is 38.5 Å². The van der Waals surface area contributed by atoms with Gasteiger partial charge in [0, 0.05) is 25.7 Å². The van der Waals surface area contributed by atoms with Crippen molar-refractivity contribution in [2.75, 3.05) is 39.6 Å². The quantitative estimate of drug-likeness (QED) is 0.0169. The minimum Gasteiger partial charge on any atom is -0.462 e. The Kier molecular flexibility index (Phi) is 72.2. The van der Waals surface area contributed by atoms with Crippen LogP contribution in [-0.2, 0) is 65.4 Å². The van der Waals surface area contributed by atoms with Crippen LogP contribution in [-0.4, -0.2) is 96.7 Å². The summed E-state index contributed by atoms with van der Waals surface area (Å²) in [5, 5.41) is 10.6. The van der Waals surface area contributed by atoms with Gasteiger partial charge in [-0.1, -0.05) is 298 Å². The Bertz CT molecular complexity index is 2830. The Morgan fingerprint density at radius 1 is 0.274 bits per heavy atom. The third kappa shape index (κ3) is 75.9. The molecule has 5 atom stereocenters. The largest absolute Gasteiger partial charge is 0.472 e. The van der Waals surface area contributed by atoms with E-state index in [4.69, 9.17) is 37.0 Å². The summed E-state index contributed by atoms with van der Waals surface area (Å²) >= 11 is 0. The molecule has 0 aromatic rings. The summed E-state index contributed by atoms with van der Waals surface area (Å²) in [6, 6.07) is 0. The van der Waals surface area contributed by atoms with E-state index in [1.54, 1.807) is 0 Å². The number of aliphatic hydroxyl groups is 1. The summed E-state index contributed by atoms with van der Waals surface area (Å²) < 4.78 is 68.3. The van der Waals surface area contributed by atoms with Gasteiger partial charge < -0.3 is 33.8 Å². The number of ether oxygens (including phenoxy) is 4. The van der Waals surface area contributed by atoms with Crippen molar-refractivity contribution >= 4 is 39.5 Å². The number of carbonyl (C=O) groups is 4. The van der Waals surface area contributed by atoms with Gasteiger partial charge in [0.25, 0.3) is 0 Å². The summed E-state index contributed by atoms with van der Waals surface area (Å²) in [6.07, 6.45) is 95.7. The first-order valence-corrected chi connectivity index (χ1v) is 42.3. The predicted molar refractivity (Wildman–Crippen MR) is 435 cm³/mol. The lowest BCUT2D eigenvalue weighted by molar-refractivity contribution is -0.161. The van der Waals surface area contributed by atoms with E-state index >= 15 is 0 Å². The van der Waals surface area contributed by atoms with E-state index in [0.717, 1.165) is 122 Å². The fraction of sp³-hybridized carbons (Fsp3) is 0.563. The van der Waals surface area contributed by atoms with Crippen LogP contribution in [0.2, 0.25) is 0 Å². The highest BCUT2D eigenvalue weighted by Crippen LogP contribution is 2.45. The molecule has 0 heterocycles. The molecule has 596 valence electrons. The topological polar surface area (TPSA) is 237 Å². The Morgan fingerprint density at radius 3 is 0.821 bits per heavy atom. The molecule has 0 radical (unpaired) electrons. The first kappa shape index (κ1) is 99.6. The average molecular weight is 1520 g/mol. The van der Waals surface area contributed by atoms with Crippen molar-refractivity contribution in [3.05, 3.63) is 207 Å². The van der Waals surface area contributed by atoms with Crippen LogP contribution in [0.4, 0.5) is 0 Å². The molecular formula is C87H136O17P2. The smallest absolute Gasteiger partial charge is 0.462 e. The van der Waals surface area contributed by atoms with E-state index in [-0.39, 0.29) is 25.7 Å². The Balaban J connectivity index is 5.55. The molecule has 0 saturated carbocycles. The lowest BCUT2D eigenvalue weighted by Gasteiger charge is -2.21. The zero-order valence-corrected chi connectivity index (χ0v) is 66.8. The third-order valence-electron chi connectivity index (χ3n) is 15.3. The molecule has 0 spiro atoms. The maximum absolute atomic E-state index is 13.1. The van der Waals surface area contributed by atoms with Crippen molar-refractivity contribution in [3.8, 4) is 0 Å². The standard InChI is InChI=1S/C87H136O17P2/c1-5-9-13-17-21-25-29-32-35-38-40-43-46-49-53-56-60-64-68-72-85(90)98-78-83(104-87(92)74-70-66-62-58-54-50-47-44-41-39-36-33-30-26-22-18-14-10-6-2)80-102-106(95,96)100-76-81(88)75-99-105(93,94)101-79-82(103-86(91)73-69-65-61-57-51-28-24-20-16-12-8-4)77-97-84(89)71-67-63-59-55-52-48-45-42-37-34-31-27-23-19-15-11-7-3/h9-11,13-15,21-23,25-27,32-37,40-41,43-45,48-50,53-55,59-60,62,64,66,81-83,88H,5-8,12,16-20,24,28-31,38-39,42,46-47,51-52,56-58,61,63,65,67-80H2,1-4H3,(H,93,94)(H,95,96)/b13-9-,14-10-,15-11-,25-21-,26-22-,27-23-,35-32-,36-33-,37-34-,43-40-,44-41-,48-45-,53-49-,54-50-,59-55-,64-60-,66-62-. The fourth-order valence-corrected chi connectivity index (χ4v) is 11.0. The van der Waals surface area contributed by atoms with Crippen molar-refractivity contribution in [2.45, 2.75) is 277 Å². The molecule has 0 aromatic carbocycles. The molecule has 17 nitrogen and oxygen atoms in total. The van der Waals surface area contributed by atoms with Gasteiger partial charge in [0.2, 0.25) is 0 Å². The van der Waals surface area contributed by atoms with E-state index in [9.17, 15) is 43.2 Å². The highest BCUT2D eigenvalue weighted by molar-refractivity contribution is 7.47. The normalized spacial score (nSPS) is 15.0. The fourth-order valence-electron chi connectivity index (χ4n) is 9.42. The molecule has 0 aliphatic carbocycles. The van der Waals surface area contributed by atoms with Crippen LogP contribution in [0.25, 0.3) is 0 Å². The maximum atomic E-state index is 13.1. The van der Waals surface area contributed by atoms with E-state index in [1.807, 2.05) is 48.6 Å². The zero-order chi connectivity index (χ0) is 77.4. The van der Waals surface area contributed by atoms with Gasteiger partial charge in [-0.25, -0.2) is 9.13 Å². The summed E-state index contributed by atoms with van der Waals surface area (Å²) in [5.41, 5.74) is 0. The number of unbranched alkanes of at least 4 members (excludes halogenated alkanes) is 11. The van der Waals surface area contributed by atoms with Crippen molar-refractivity contribution in [1.82, 2.24) is 0 Å². The number of rotatable bonds is 71. The first-order chi connectivity index (χ1) is 51.7. The van der Waals surface area contributed by atoms with Gasteiger partial charge in [0.1, 0.15) is 19.3 Å². The van der Waals surface area contributed by atoms with Crippen LogP contribution < -0.4 is 0 Å². The second-order valence-electron chi connectivity index (χ2n) is 25.2. The number of hydrogen-bond donors (Lipinski definition) is 3. The summed E-state index contributed by atoms with van der Waals surface area (Å²) in [7, 11) is -10.0. The van der Waals surface area contributed by atoms with Crippen LogP contribution in [0.1, 0.15) is 259 Å². The van der Waals surface area contributed by atoms with Gasteiger partial charge >= 0.3 is 39.5 Å². The number of hydrogen-bond acceptors (Lipinski definition) is 15. The van der Waals surface area contributed by atoms with Crippen molar-refractivity contribution < 1.29 is 80.2 Å². The lowest BCUT2D eigenvalue weighted by atomic mass is 10.1. The van der Waals surface area contributed by atoms with Crippen molar-refractivity contribution in [3.63, 3.8) is 0 Å². The predicted octanol–water partition coefficient (Wildman–Crippen LogP) is 23.1. The molecule has 0 aliphatic rings. The summed E-state index contributed by atoms with van der Waals surface area (Å²) in [4.78, 5) is 72.9. The number of allylic oxidation sites excluding steroid dienone is 34. The Hall–Kier alpha value is -6.36. The van der Waals surface area contributed by atoms with Crippen LogP contribution in [0.5, 0.6) is 0 Å². The van der Waals surface area contributed by atoms with E-state index in [2.05, 4.69) is 186 Å². The SMILES string of the molecule is CC/C=C\C/C=C\C/C=C\C/C=C\C/C=C\C/C=C\CCC(=O)OCC(COP(=O)(O)OCC(O)COP(=O)(O)OCC(COC(=O)CCC/C=C\C/C=C\C/C=C\C/C=C\C/C=C\CC)OC(=O)CCCCCCCCCCCCC)OC(=O)CC/C=C\C/C=C\C/C=C\C/C=C\C/C=C\C/C=C\CC. The number of aliphatic hydroxyl groups excluding tert-OH is 1. The highest BCUT2D eigenvalue weighted by Gasteiger charge is 2.30. The van der Waals surface area contributed by atoms with Gasteiger partial charge in [-0.05, 0) is 141 Å². The third-order valence-corrected chi connectivity index (χ3v) is 17.2. The van der Waals surface area contributed by atoms with Crippen LogP contribution in [0.3, 0.4) is 0 Å². The number of phosphoric acid groups is 2. The summed E-state index contributed by atoms with van der Waals surface area (Å²) in [5.74, 6) is -2.46. The van der Waals surface area contributed by atoms with Crippen molar-refractivity contribution in [2.24, 2.45) is 0 Å². The number of carbonyl (C=O) groups excluding carboxylic acids is 4. The molecule has 3 N–H and O–H groups in total. The minimum absolute atomic E-state index is 0.0105. The van der Waals surface area contributed by atoms with E-state index in [0.29, 0.717) is 44.9 Å². The molecule has 0 bridgehead atoms. The molecule has 19 heteroatoms. The second-order valence-corrected chi connectivity index (χ2v) is 28.1. The van der Waals surface area contributed by atoms with Gasteiger partial charge in [0.05, 0.1) is 26.4 Å². The molecule has 0 rings (SSSR count). The van der Waals surface area contributed by atoms with Gasteiger partial charge in [-0.15, -0.1) is 0 Å². The molecular weight excluding hydrogens is 1380 g/mol. The van der Waals surface area contributed by atoms with Gasteiger partial charge in [0.15, 0.2) is 12.2 Å². The highest BCUT2D eigenvalue weighted by atomic mass is 31.2. The van der Waals surface area contributed by atoms with E-state index < -0.39 is 97.5 Å². The van der Waals surface area contributed by atoms with Gasteiger partial charge in [-0.2, -0.15) is 0 Å². The Labute approximate surface area is 639 Å². The molecule has 0 aliphatic heterocycles. The van der Waals surface area contributed by atoms with Crippen molar-refractivity contribution in [1.29, 1.82) is 0 Å². The molecule has 0 saturated heterocycles. The van der Waals surface area contributed by atoms with Crippen LogP contribution in [0, 0.1) is 0 Å². The van der Waals surface area contributed by atoms with Crippen LogP contribution in [0.15, 0.2) is 207 Å². The first-order valence-electron chi connectivity index (χ1n) is 39.3. The number of phosphoric ester groups is 2. The monoisotopic (exact) mass is 1510 g/mol.